The van der Waals surface area contributed by atoms with Gasteiger partial charge in [0, 0.05) is 17.7 Å². The van der Waals surface area contributed by atoms with E-state index in [1.54, 1.807) is 6.07 Å². The number of thiazole rings is 1. The van der Waals surface area contributed by atoms with E-state index in [0.29, 0.717) is 17.1 Å². The molecule has 0 aliphatic heterocycles. The molecule has 1 heterocycles. The number of carbonyl (C=O) groups excluding carboxylic acids is 2. The highest BCUT2D eigenvalue weighted by atomic mass is 32.1. The summed E-state index contributed by atoms with van der Waals surface area (Å²) in [6.07, 6.45) is 3.57. The number of aryl methyl sites for hydroxylation is 3. The van der Waals surface area contributed by atoms with Crippen molar-refractivity contribution in [3.63, 3.8) is 0 Å². The van der Waals surface area contributed by atoms with Gasteiger partial charge in [0.05, 0.1) is 4.70 Å². The number of aromatic amines is 1. The van der Waals surface area contributed by atoms with Crippen LogP contribution in [-0.2, 0) is 4.79 Å². The highest BCUT2D eigenvalue weighted by molar-refractivity contribution is 7.21. The second-order valence-corrected chi connectivity index (χ2v) is 8.55. The molecule has 0 radical (unpaired) electrons. The lowest BCUT2D eigenvalue weighted by atomic mass is 10.0. The van der Waals surface area contributed by atoms with E-state index in [1.807, 2.05) is 32.9 Å². The number of benzene rings is 2. The predicted molar refractivity (Wildman–Crippen MR) is 120 cm³/mol. The molecule has 0 aliphatic rings. The summed E-state index contributed by atoms with van der Waals surface area (Å²) in [5, 5.41) is 6.66. The number of anilines is 2. The monoisotopic (exact) mass is 410 g/mol. The lowest BCUT2D eigenvalue weighted by Gasteiger charge is -2.12. The molecule has 0 saturated heterocycles. The van der Waals surface area contributed by atoms with Gasteiger partial charge in [0.2, 0.25) is 0 Å². The number of fused-ring (bicyclic) bond motifs is 1. The van der Waals surface area contributed by atoms with E-state index < -0.39 is 0 Å². The first-order valence-corrected chi connectivity index (χ1v) is 10.8. The highest BCUT2D eigenvalue weighted by Gasteiger charge is 2.16. The lowest BCUT2D eigenvalue weighted by Crippen LogP contribution is -2.16. The maximum atomic E-state index is 12.8. The maximum Gasteiger partial charge on any atom is 0.340 e. The van der Waals surface area contributed by atoms with Crippen LogP contribution in [0.1, 0.15) is 59.7 Å². The number of nitrogens with one attached hydrogen (secondary N) is 3. The van der Waals surface area contributed by atoms with Gasteiger partial charge in [-0.3, -0.25) is 4.79 Å². The van der Waals surface area contributed by atoms with Crippen molar-refractivity contribution in [3.05, 3.63) is 52.6 Å². The van der Waals surface area contributed by atoms with E-state index in [0.717, 1.165) is 46.3 Å². The van der Waals surface area contributed by atoms with Gasteiger partial charge in [0.1, 0.15) is 5.52 Å². The van der Waals surface area contributed by atoms with E-state index in [2.05, 4.69) is 34.7 Å². The fourth-order valence-electron chi connectivity index (χ4n) is 3.45. The van der Waals surface area contributed by atoms with Crippen molar-refractivity contribution in [1.82, 2.24) is 0 Å². The van der Waals surface area contributed by atoms with Gasteiger partial charge < -0.3 is 5.32 Å². The average Bonchev–Trinajstić information content (AvgIpc) is 3.05. The van der Waals surface area contributed by atoms with Gasteiger partial charge in [-0.1, -0.05) is 37.5 Å². The average molecular weight is 411 g/mol. The van der Waals surface area contributed by atoms with Gasteiger partial charge in [0.25, 0.3) is 5.91 Å². The minimum Gasteiger partial charge on any atom is -0.322 e. The van der Waals surface area contributed by atoms with Gasteiger partial charge >= 0.3 is 11.0 Å². The van der Waals surface area contributed by atoms with Crippen LogP contribution in [0, 0.1) is 20.8 Å². The van der Waals surface area contributed by atoms with Crippen molar-refractivity contribution < 1.29 is 14.6 Å². The lowest BCUT2D eigenvalue weighted by molar-refractivity contribution is -0.321. The molecule has 0 fully saturated rings. The number of carbonyl (C=O) groups is 2. The van der Waals surface area contributed by atoms with Gasteiger partial charge in [-0.25, -0.2) is 15.1 Å². The Labute approximate surface area is 175 Å². The zero-order valence-electron chi connectivity index (χ0n) is 17.4. The van der Waals surface area contributed by atoms with Crippen LogP contribution in [0.15, 0.2) is 30.3 Å². The van der Waals surface area contributed by atoms with Crippen molar-refractivity contribution in [2.75, 3.05) is 10.6 Å². The van der Waals surface area contributed by atoms with Crippen LogP contribution in [0.3, 0.4) is 0 Å². The van der Waals surface area contributed by atoms with Crippen LogP contribution in [-0.4, -0.2) is 11.8 Å². The summed E-state index contributed by atoms with van der Waals surface area (Å²) in [4.78, 5) is 28.0. The van der Waals surface area contributed by atoms with E-state index in [4.69, 9.17) is 0 Å². The molecule has 2 aromatic carbocycles. The fourth-order valence-corrected chi connectivity index (χ4v) is 4.41. The number of hydrogen-bond acceptors (Lipinski definition) is 3. The van der Waals surface area contributed by atoms with Crippen LogP contribution in [0.4, 0.5) is 10.8 Å². The normalized spacial score (nSPS) is 10.9. The minimum atomic E-state index is -0.138. The number of rotatable bonds is 7. The number of amides is 2. The molecule has 1 aromatic heterocycles. The summed E-state index contributed by atoms with van der Waals surface area (Å²) in [6, 6.07) is 9.66. The van der Waals surface area contributed by atoms with Crippen molar-refractivity contribution in [3.8, 4) is 0 Å². The third kappa shape index (κ3) is 5.21. The molecule has 152 valence electrons. The van der Waals surface area contributed by atoms with Gasteiger partial charge in [-0.15, -0.1) is 0 Å². The molecule has 0 aliphatic carbocycles. The molecule has 0 bridgehead atoms. The molecule has 3 rings (SSSR count). The Balaban J connectivity index is 1.74. The highest BCUT2D eigenvalue weighted by Crippen LogP contribution is 2.26. The van der Waals surface area contributed by atoms with Crippen LogP contribution in [0.25, 0.3) is 10.2 Å². The third-order valence-corrected chi connectivity index (χ3v) is 5.85. The first kappa shape index (κ1) is 21.0. The van der Waals surface area contributed by atoms with Crippen molar-refractivity contribution >= 4 is 44.2 Å². The number of H-pyrrole nitrogens is 1. The Bertz CT molecular complexity index is 1030. The summed E-state index contributed by atoms with van der Waals surface area (Å²) in [7, 11) is 0. The SMILES string of the molecule is CCCCCC(=O)Nc1[nH+]c2ccc(C(=O)Nc3c(C)cc(C)cc3C)cc2s1. The summed E-state index contributed by atoms with van der Waals surface area (Å²) in [6.45, 7) is 8.17. The van der Waals surface area contributed by atoms with E-state index in [9.17, 15) is 9.59 Å². The first-order valence-electron chi connectivity index (χ1n) is 10.0. The second kappa shape index (κ2) is 9.18. The quantitative estimate of drug-likeness (QED) is 0.511. The Morgan fingerprint density at radius 1 is 1.00 bits per heavy atom. The van der Waals surface area contributed by atoms with E-state index in [1.165, 1.54) is 16.9 Å². The fraction of sp³-hybridized carbons (Fsp3) is 0.348. The van der Waals surface area contributed by atoms with E-state index in [-0.39, 0.29) is 11.8 Å². The molecular formula is C23H28N3O2S+. The van der Waals surface area contributed by atoms with Gasteiger partial charge in [-0.2, -0.15) is 0 Å². The third-order valence-electron chi connectivity index (χ3n) is 4.88. The molecule has 5 nitrogen and oxygen atoms in total. The Morgan fingerprint density at radius 2 is 1.72 bits per heavy atom. The Hall–Kier alpha value is -2.73. The van der Waals surface area contributed by atoms with Crippen LogP contribution in [0.5, 0.6) is 0 Å². The molecule has 3 N–H and O–H groups in total. The summed E-state index contributed by atoms with van der Waals surface area (Å²) < 4.78 is 0.929. The van der Waals surface area contributed by atoms with Crippen molar-refractivity contribution in [2.45, 2.75) is 53.4 Å². The van der Waals surface area contributed by atoms with Gasteiger partial charge in [-0.05, 0) is 67.9 Å². The van der Waals surface area contributed by atoms with Crippen molar-refractivity contribution in [1.29, 1.82) is 0 Å². The zero-order chi connectivity index (χ0) is 21.0. The van der Waals surface area contributed by atoms with E-state index >= 15 is 0 Å². The molecule has 29 heavy (non-hydrogen) atoms. The van der Waals surface area contributed by atoms with Gasteiger partial charge in [0.15, 0.2) is 0 Å². The smallest absolute Gasteiger partial charge is 0.322 e. The standard InChI is InChI=1S/C23H27N3O2S/c1-5-6-7-8-20(27)25-23-24-18-10-9-17(13-19(18)29-23)22(28)26-21-15(3)11-14(2)12-16(21)4/h9-13H,5-8H2,1-4H3,(H,26,28)(H,24,25,27)/p+1. The van der Waals surface area contributed by atoms with Crippen LogP contribution < -0.4 is 15.6 Å². The minimum absolute atomic E-state index is 0.0181. The van der Waals surface area contributed by atoms with Crippen molar-refractivity contribution in [2.24, 2.45) is 0 Å². The maximum absolute atomic E-state index is 12.8. The molecule has 6 heteroatoms. The predicted octanol–water partition coefficient (Wildman–Crippen LogP) is 5.41. The summed E-state index contributed by atoms with van der Waals surface area (Å²) in [5.74, 6) is -0.120. The topological polar surface area (TPSA) is 72.3 Å². The molecule has 0 saturated carbocycles. The number of aromatic nitrogens is 1. The second-order valence-electron chi connectivity index (χ2n) is 7.50. The summed E-state index contributed by atoms with van der Waals surface area (Å²) >= 11 is 1.44. The largest absolute Gasteiger partial charge is 0.340 e. The Kier molecular flexibility index (Phi) is 6.64. The number of hydrogen-bond donors (Lipinski definition) is 2. The molecule has 2 amide bonds. The molecule has 0 atom stereocenters. The Morgan fingerprint density at radius 3 is 2.41 bits per heavy atom. The van der Waals surface area contributed by atoms with Crippen LogP contribution >= 0.6 is 11.3 Å². The zero-order valence-corrected chi connectivity index (χ0v) is 18.3. The molecule has 0 unspecified atom stereocenters. The first-order chi connectivity index (χ1) is 13.9. The number of unbranched alkanes of at least 4 members (excludes halogenated alkanes) is 2. The molecule has 3 aromatic rings. The van der Waals surface area contributed by atoms with Crippen LogP contribution in [0.2, 0.25) is 0 Å². The summed E-state index contributed by atoms with van der Waals surface area (Å²) in [5.41, 5.74) is 5.63. The molecular weight excluding hydrogens is 382 g/mol. The molecule has 0 spiro atoms.